The van der Waals surface area contributed by atoms with E-state index in [1.807, 2.05) is 0 Å². The van der Waals surface area contributed by atoms with E-state index in [2.05, 4.69) is 24.5 Å². The van der Waals surface area contributed by atoms with Crippen molar-refractivity contribution in [3.8, 4) is 0 Å². The number of furan rings is 1. The van der Waals surface area contributed by atoms with E-state index in [1.54, 1.807) is 6.07 Å². The fraction of sp³-hybridized carbons (Fsp3) is 0.533. The van der Waals surface area contributed by atoms with Gasteiger partial charge in [0.1, 0.15) is 0 Å². The number of carbonyl (C=O) groups is 3. The highest BCUT2D eigenvalue weighted by Crippen LogP contribution is 1.99. The molecule has 0 radical (unpaired) electrons. The predicted octanol–water partition coefficient (Wildman–Crippen LogP) is 1.10. The largest absolute Gasteiger partial charge is 0.459 e. The van der Waals surface area contributed by atoms with E-state index in [9.17, 15) is 14.4 Å². The van der Waals surface area contributed by atoms with Crippen molar-refractivity contribution in [2.75, 3.05) is 19.7 Å². The Bertz CT molecular complexity index is 482. The van der Waals surface area contributed by atoms with Gasteiger partial charge in [-0.1, -0.05) is 13.8 Å². The lowest BCUT2D eigenvalue weighted by Gasteiger charge is -2.08. The van der Waals surface area contributed by atoms with Crippen molar-refractivity contribution >= 4 is 17.8 Å². The summed E-state index contributed by atoms with van der Waals surface area (Å²) in [5.74, 6) is -0.588. The van der Waals surface area contributed by atoms with E-state index < -0.39 is 11.9 Å². The molecule has 2 N–H and O–H groups in total. The Morgan fingerprint density at radius 1 is 1.23 bits per heavy atom. The first-order valence-electron chi connectivity index (χ1n) is 7.23. The van der Waals surface area contributed by atoms with Gasteiger partial charge in [-0.05, 0) is 24.5 Å². The average Bonchev–Trinajstić information content (AvgIpc) is 2.99. The lowest BCUT2D eigenvalue weighted by Crippen LogP contribution is -2.31. The number of nitrogens with one attached hydrogen (secondary N) is 2. The number of carbonyl (C=O) groups excluding carboxylic acids is 3. The summed E-state index contributed by atoms with van der Waals surface area (Å²) in [5, 5.41) is 5.18. The van der Waals surface area contributed by atoms with Crippen molar-refractivity contribution in [3.05, 3.63) is 24.2 Å². The van der Waals surface area contributed by atoms with Crippen LogP contribution in [0.1, 0.15) is 37.2 Å². The number of rotatable bonds is 9. The zero-order valence-corrected chi connectivity index (χ0v) is 12.9. The fourth-order valence-corrected chi connectivity index (χ4v) is 1.54. The second kappa shape index (κ2) is 9.59. The summed E-state index contributed by atoms with van der Waals surface area (Å²) >= 11 is 0. The molecule has 1 rings (SSSR count). The van der Waals surface area contributed by atoms with E-state index in [1.165, 1.54) is 12.3 Å². The molecule has 7 nitrogen and oxygen atoms in total. The van der Waals surface area contributed by atoms with Gasteiger partial charge in [-0.15, -0.1) is 0 Å². The van der Waals surface area contributed by atoms with Gasteiger partial charge in [0.05, 0.1) is 12.7 Å². The highest BCUT2D eigenvalue weighted by Gasteiger charge is 2.10. The zero-order valence-electron chi connectivity index (χ0n) is 12.9. The number of esters is 1. The molecule has 22 heavy (non-hydrogen) atoms. The maximum Gasteiger partial charge on any atom is 0.308 e. The third-order valence-corrected chi connectivity index (χ3v) is 2.77. The molecule has 0 fully saturated rings. The van der Waals surface area contributed by atoms with Gasteiger partial charge in [0.25, 0.3) is 11.8 Å². The van der Waals surface area contributed by atoms with E-state index >= 15 is 0 Å². The third-order valence-electron chi connectivity index (χ3n) is 2.77. The Kier molecular flexibility index (Phi) is 7.74. The van der Waals surface area contributed by atoms with Gasteiger partial charge in [0.2, 0.25) is 0 Å². The first kappa shape index (κ1) is 17.7. The van der Waals surface area contributed by atoms with Gasteiger partial charge in [-0.25, -0.2) is 0 Å². The summed E-state index contributed by atoms with van der Waals surface area (Å²) < 4.78 is 9.71. The van der Waals surface area contributed by atoms with Crippen LogP contribution in [0.25, 0.3) is 0 Å². The molecule has 1 heterocycles. The molecule has 122 valence electrons. The van der Waals surface area contributed by atoms with Crippen LogP contribution in [-0.4, -0.2) is 37.5 Å². The van der Waals surface area contributed by atoms with Gasteiger partial charge in [-0.2, -0.15) is 0 Å². The van der Waals surface area contributed by atoms with Crippen LogP contribution in [0.2, 0.25) is 0 Å². The van der Waals surface area contributed by atoms with Crippen LogP contribution in [0.15, 0.2) is 22.8 Å². The number of amides is 2. The molecule has 0 aliphatic carbocycles. The Labute approximate surface area is 129 Å². The molecule has 0 saturated carbocycles. The summed E-state index contributed by atoms with van der Waals surface area (Å²) in [5.41, 5.74) is 0. The minimum atomic E-state index is -0.543. The van der Waals surface area contributed by atoms with Crippen LogP contribution in [0.4, 0.5) is 0 Å². The van der Waals surface area contributed by atoms with E-state index in [-0.39, 0.29) is 31.2 Å². The maximum atomic E-state index is 11.5. The van der Waals surface area contributed by atoms with Gasteiger partial charge in [-0.3, -0.25) is 14.4 Å². The maximum absolute atomic E-state index is 11.5. The Hall–Kier alpha value is -2.31. The zero-order chi connectivity index (χ0) is 16.4. The topological polar surface area (TPSA) is 97.6 Å². The lowest BCUT2D eigenvalue weighted by molar-refractivity contribution is -0.148. The molecule has 0 atom stereocenters. The molecule has 0 spiro atoms. The summed E-state index contributed by atoms with van der Waals surface area (Å²) in [4.78, 5) is 34.3. The standard InChI is InChI=1S/C15H22N2O5/c1-11(2)5-7-16-13(18)10-22-14(19)6-8-17-15(20)12-4-3-9-21-12/h3-4,9,11H,5-8,10H2,1-2H3,(H,16,18)(H,17,20). The molecule has 1 aromatic rings. The first-order chi connectivity index (χ1) is 10.5. The Morgan fingerprint density at radius 3 is 2.64 bits per heavy atom. The number of ether oxygens (including phenoxy) is 1. The molecule has 1 aromatic heterocycles. The van der Waals surface area contributed by atoms with E-state index in [0.29, 0.717) is 12.5 Å². The van der Waals surface area contributed by atoms with Crippen molar-refractivity contribution in [1.82, 2.24) is 10.6 Å². The van der Waals surface area contributed by atoms with E-state index in [0.717, 1.165) is 6.42 Å². The molecular formula is C15H22N2O5. The summed E-state index contributed by atoms with van der Waals surface area (Å²) in [7, 11) is 0. The summed E-state index contributed by atoms with van der Waals surface area (Å²) in [6.07, 6.45) is 2.26. The van der Waals surface area contributed by atoms with Crippen LogP contribution in [0, 0.1) is 5.92 Å². The lowest BCUT2D eigenvalue weighted by atomic mass is 10.1. The van der Waals surface area contributed by atoms with Crippen molar-refractivity contribution in [1.29, 1.82) is 0 Å². The molecule has 0 unspecified atom stereocenters. The predicted molar refractivity (Wildman–Crippen MR) is 79.1 cm³/mol. The smallest absolute Gasteiger partial charge is 0.308 e. The van der Waals surface area contributed by atoms with Crippen LogP contribution < -0.4 is 10.6 Å². The Balaban J connectivity index is 2.08. The highest BCUT2D eigenvalue weighted by molar-refractivity contribution is 5.91. The van der Waals surface area contributed by atoms with Gasteiger partial charge < -0.3 is 19.8 Å². The molecule has 0 aliphatic heterocycles. The van der Waals surface area contributed by atoms with Gasteiger partial charge in [0, 0.05) is 13.1 Å². The molecule has 0 aliphatic rings. The van der Waals surface area contributed by atoms with Crippen LogP contribution in [0.3, 0.4) is 0 Å². The second-order valence-electron chi connectivity index (χ2n) is 5.18. The van der Waals surface area contributed by atoms with Crippen LogP contribution in [-0.2, 0) is 14.3 Å². The van der Waals surface area contributed by atoms with Crippen LogP contribution >= 0.6 is 0 Å². The quantitative estimate of drug-likeness (QED) is 0.666. The first-order valence-corrected chi connectivity index (χ1v) is 7.23. The second-order valence-corrected chi connectivity index (χ2v) is 5.18. The summed E-state index contributed by atoms with van der Waals surface area (Å²) in [6, 6.07) is 3.12. The fourth-order valence-electron chi connectivity index (χ4n) is 1.54. The minimum Gasteiger partial charge on any atom is -0.459 e. The van der Waals surface area contributed by atoms with Gasteiger partial charge in [0.15, 0.2) is 12.4 Å². The molecule has 7 heteroatoms. The van der Waals surface area contributed by atoms with Crippen LogP contribution in [0.5, 0.6) is 0 Å². The molecule has 2 amide bonds. The molecule has 0 aromatic carbocycles. The highest BCUT2D eigenvalue weighted by atomic mass is 16.5. The van der Waals surface area contributed by atoms with E-state index in [4.69, 9.17) is 9.15 Å². The monoisotopic (exact) mass is 310 g/mol. The molecule has 0 bridgehead atoms. The Morgan fingerprint density at radius 2 is 2.00 bits per heavy atom. The number of hydrogen-bond donors (Lipinski definition) is 2. The van der Waals surface area contributed by atoms with Crippen molar-refractivity contribution in [3.63, 3.8) is 0 Å². The van der Waals surface area contributed by atoms with Crippen molar-refractivity contribution in [2.24, 2.45) is 5.92 Å². The molecular weight excluding hydrogens is 288 g/mol. The summed E-state index contributed by atoms with van der Waals surface area (Å²) in [6.45, 7) is 4.50. The average molecular weight is 310 g/mol. The number of hydrogen-bond acceptors (Lipinski definition) is 5. The SMILES string of the molecule is CC(C)CCNC(=O)COC(=O)CCNC(=O)c1ccco1. The van der Waals surface area contributed by atoms with Gasteiger partial charge >= 0.3 is 5.97 Å². The third kappa shape index (κ3) is 7.47. The normalized spacial score (nSPS) is 10.3. The molecule has 0 saturated heterocycles. The minimum absolute atomic E-state index is 0.00821. The van der Waals surface area contributed by atoms with Crippen molar-refractivity contribution in [2.45, 2.75) is 26.7 Å². The van der Waals surface area contributed by atoms with Crippen molar-refractivity contribution < 1.29 is 23.5 Å².